The van der Waals surface area contributed by atoms with Gasteiger partial charge in [-0.1, -0.05) is 26.0 Å². The van der Waals surface area contributed by atoms with Crippen LogP contribution in [0.3, 0.4) is 0 Å². The van der Waals surface area contributed by atoms with E-state index in [1.54, 1.807) is 0 Å². The van der Waals surface area contributed by atoms with E-state index in [1.165, 1.54) is 0 Å². The van der Waals surface area contributed by atoms with E-state index in [-0.39, 0.29) is 0 Å². The molecule has 1 aromatic carbocycles. The van der Waals surface area contributed by atoms with Crippen molar-refractivity contribution in [2.75, 3.05) is 6.61 Å². The van der Waals surface area contributed by atoms with E-state index in [1.807, 2.05) is 39.0 Å². The molecule has 0 saturated heterocycles. The van der Waals surface area contributed by atoms with Crippen LogP contribution in [0.25, 0.3) is 0 Å². The van der Waals surface area contributed by atoms with E-state index in [0.717, 1.165) is 11.5 Å². The molecule has 0 saturated carbocycles. The highest BCUT2D eigenvalue weighted by atomic mass is 16.5. The molecule has 2 heteroatoms. The third-order valence-electron chi connectivity index (χ3n) is 1.98. The molecule has 73 valence electrons. The van der Waals surface area contributed by atoms with E-state index < -0.39 is 0 Å². The highest BCUT2D eigenvalue weighted by Crippen LogP contribution is 2.26. The van der Waals surface area contributed by atoms with Crippen molar-refractivity contribution in [1.82, 2.24) is 0 Å². The van der Waals surface area contributed by atoms with Crippen molar-refractivity contribution in [2.45, 2.75) is 20.8 Å². The summed E-state index contributed by atoms with van der Waals surface area (Å²) in [6.45, 7) is 6.48. The maximum Gasteiger partial charge on any atom is 0.137 e. The molecule has 0 atom stereocenters. The fourth-order valence-electron chi connectivity index (χ4n) is 1.34. The molecule has 2 nitrogen and oxygen atoms in total. The molecule has 0 bridgehead atoms. The summed E-state index contributed by atoms with van der Waals surface area (Å²) in [4.78, 5) is 0. The molecule has 1 aromatic rings. The van der Waals surface area contributed by atoms with Gasteiger partial charge in [0.25, 0.3) is 0 Å². The normalized spacial score (nSPS) is 9.93. The van der Waals surface area contributed by atoms with Gasteiger partial charge in [-0.2, -0.15) is 5.26 Å². The highest BCUT2D eigenvalue weighted by Gasteiger charge is 2.11. The van der Waals surface area contributed by atoms with Crippen LogP contribution in [0.1, 0.15) is 31.9 Å². The topological polar surface area (TPSA) is 33.0 Å². The van der Waals surface area contributed by atoms with Crippen LogP contribution in [0, 0.1) is 17.2 Å². The van der Waals surface area contributed by atoms with Gasteiger partial charge in [0.1, 0.15) is 11.8 Å². The Balaban J connectivity index is 3.20. The Morgan fingerprint density at radius 1 is 1.43 bits per heavy atom. The molecule has 0 aliphatic rings. The lowest BCUT2D eigenvalue weighted by molar-refractivity contribution is 0.339. The van der Waals surface area contributed by atoms with Gasteiger partial charge in [-0.25, -0.2) is 0 Å². The first kappa shape index (κ1) is 10.6. The summed E-state index contributed by atoms with van der Waals surface area (Å²) in [6, 6.07) is 7.86. The molecular formula is C12H14NO. The number of ether oxygens (including phenoxy) is 1. The van der Waals surface area contributed by atoms with Crippen LogP contribution in [-0.4, -0.2) is 6.61 Å². The predicted octanol–water partition coefficient (Wildman–Crippen LogP) is 2.92. The monoisotopic (exact) mass is 188 g/mol. The maximum absolute atomic E-state index is 9.03. The van der Waals surface area contributed by atoms with Crippen molar-refractivity contribution in [3.05, 3.63) is 35.2 Å². The van der Waals surface area contributed by atoms with Gasteiger partial charge in [-0.3, -0.25) is 0 Å². The highest BCUT2D eigenvalue weighted by molar-refractivity contribution is 5.53. The van der Waals surface area contributed by atoms with Gasteiger partial charge in [0, 0.05) is 5.92 Å². The van der Waals surface area contributed by atoms with E-state index in [9.17, 15) is 0 Å². The Bertz CT molecular complexity index is 350. The number of hydrogen-bond acceptors (Lipinski definition) is 2. The van der Waals surface area contributed by atoms with E-state index in [0.29, 0.717) is 17.9 Å². The van der Waals surface area contributed by atoms with Gasteiger partial charge in [0.15, 0.2) is 0 Å². The van der Waals surface area contributed by atoms with Crippen molar-refractivity contribution in [3.63, 3.8) is 0 Å². The van der Waals surface area contributed by atoms with E-state index >= 15 is 0 Å². The Hall–Kier alpha value is -1.49. The Morgan fingerprint density at radius 2 is 2.14 bits per heavy atom. The minimum absolute atomic E-state index is 0.584. The molecule has 14 heavy (non-hydrogen) atoms. The fraction of sp³-hybridized carbons (Fsp3) is 0.333. The summed E-state index contributed by atoms with van der Waals surface area (Å²) in [6.07, 6.45) is 0. The number of rotatable bonds is 3. The van der Waals surface area contributed by atoms with Crippen molar-refractivity contribution in [3.8, 4) is 11.8 Å². The summed E-state index contributed by atoms with van der Waals surface area (Å²) in [5.74, 6) is 1.80. The molecule has 0 N–H and O–H groups in total. The first-order valence-corrected chi connectivity index (χ1v) is 4.67. The Kier molecular flexibility index (Phi) is 3.53. The Morgan fingerprint density at radius 3 is 2.64 bits per heavy atom. The van der Waals surface area contributed by atoms with Gasteiger partial charge in [0.2, 0.25) is 0 Å². The first-order valence-electron chi connectivity index (χ1n) is 4.67. The number of hydrogen-bond donors (Lipinski definition) is 0. The number of nitriles is 1. The predicted molar refractivity (Wildman–Crippen MR) is 56.0 cm³/mol. The van der Waals surface area contributed by atoms with Gasteiger partial charge in [-0.15, -0.1) is 0 Å². The third kappa shape index (κ3) is 2.05. The molecule has 1 rings (SSSR count). The molecule has 0 aliphatic heterocycles. The fourth-order valence-corrected chi connectivity index (χ4v) is 1.34. The summed E-state index contributed by atoms with van der Waals surface area (Å²) in [5, 5.41) is 9.03. The average Bonchev–Trinajstić information content (AvgIpc) is 2.18. The van der Waals surface area contributed by atoms with Crippen molar-refractivity contribution >= 4 is 0 Å². The van der Waals surface area contributed by atoms with Crippen molar-refractivity contribution in [1.29, 1.82) is 5.26 Å². The summed E-state index contributed by atoms with van der Waals surface area (Å²) >= 11 is 0. The van der Waals surface area contributed by atoms with Crippen LogP contribution in [0.4, 0.5) is 0 Å². The second-order valence-corrected chi connectivity index (χ2v) is 3.22. The van der Waals surface area contributed by atoms with Crippen LogP contribution in [0.15, 0.2) is 18.2 Å². The van der Waals surface area contributed by atoms with Gasteiger partial charge in [0.05, 0.1) is 12.2 Å². The van der Waals surface area contributed by atoms with Crippen molar-refractivity contribution in [2.24, 2.45) is 0 Å². The minimum atomic E-state index is 0.584. The summed E-state index contributed by atoms with van der Waals surface area (Å²) in [7, 11) is 0. The summed E-state index contributed by atoms with van der Waals surface area (Å²) < 4.78 is 5.38. The lowest BCUT2D eigenvalue weighted by atomic mass is 9.97. The molecule has 0 aromatic heterocycles. The van der Waals surface area contributed by atoms with Crippen LogP contribution >= 0.6 is 0 Å². The standard InChI is InChI=1S/C12H14NO/c1-4-14-12-7-5-6-10(9(2)3)11(12)8-13/h5-7H,4H2,1-3H3. The zero-order valence-corrected chi connectivity index (χ0v) is 8.79. The third-order valence-corrected chi connectivity index (χ3v) is 1.98. The van der Waals surface area contributed by atoms with E-state index in [2.05, 4.69) is 6.07 Å². The molecule has 0 aliphatic carbocycles. The molecule has 1 radical (unpaired) electrons. The van der Waals surface area contributed by atoms with E-state index in [4.69, 9.17) is 10.00 Å². The van der Waals surface area contributed by atoms with Crippen molar-refractivity contribution < 1.29 is 4.74 Å². The first-order chi connectivity index (χ1) is 6.70. The molecule has 0 amide bonds. The molecule has 0 fully saturated rings. The second kappa shape index (κ2) is 4.66. The molecular weight excluding hydrogens is 174 g/mol. The molecule has 0 spiro atoms. The average molecular weight is 188 g/mol. The smallest absolute Gasteiger partial charge is 0.137 e. The number of nitrogens with zero attached hydrogens (tertiary/aromatic N) is 1. The molecule has 0 unspecified atom stereocenters. The van der Waals surface area contributed by atoms with Crippen LogP contribution < -0.4 is 4.74 Å². The number of benzene rings is 1. The SMILES string of the molecule is CCOc1cccc([C](C)C)c1C#N. The Labute approximate surface area is 85.1 Å². The minimum Gasteiger partial charge on any atom is -0.492 e. The zero-order chi connectivity index (χ0) is 10.6. The quantitative estimate of drug-likeness (QED) is 0.730. The lowest BCUT2D eigenvalue weighted by Gasteiger charge is -2.11. The van der Waals surface area contributed by atoms with Crippen LogP contribution in [0.5, 0.6) is 5.75 Å². The maximum atomic E-state index is 9.03. The summed E-state index contributed by atoms with van der Waals surface area (Å²) in [5.41, 5.74) is 1.60. The largest absolute Gasteiger partial charge is 0.492 e. The van der Waals surface area contributed by atoms with Gasteiger partial charge in [-0.05, 0) is 18.6 Å². The lowest BCUT2D eigenvalue weighted by Crippen LogP contribution is -1.99. The van der Waals surface area contributed by atoms with Crippen LogP contribution in [-0.2, 0) is 0 Å². The zero-order valence-electron chi connectivity index (χ0n) is 8.79. The van der Waals surface area contributed by atoms with Crippen LogP contribution in [0.2, 0.25) is 0 Å². The second-order valence-electron chi connectivity index (χ2n) is 3.22. The van der Waals surface area contributed by atoms with Gasteiger partial charge < -0.3 is 4.74 Å². The van der Waals surface area contributed by atoms with Gasteiger partial charge >= 0.3 is 0 Å². The molecule has 0 heterocycles.